The molecule has 0 aromatic rings. The molecule has 0 spiro atoms. The Hall–Kier alpha value is -1.54. The van der Waals surface area contributed by atoms with Gasteiger partial charge in [0.05, 0.1) is 12.2 Å². The molecule has 2 aliphatic heterocycles. The maximum absolute atomic E-state index is 13.2. The zero-order valence-electron chi connectivity index (χ0n) is 23.8. The smallest absolute Gasteiger partial charge is 0.327 e. The van der Waals surface area contributed by atoms with Gasteiger partial charge in [-0.1, -0.05) is 44.4 Å². The van der Waals surface area contributed by atoms with Crippen molar-refractivity contribution < 1.29 is 33.6 Å². The summed E-state index contributed by atoms with van der Waals surface area (Å²) in [5, 5.41) is 8.80. The van der Waals surface area contributed by atoms with Gasteiger partial charge in [0.2, 0.25) is 0 Å². The number of hydrogen-bond donors (Lipinski definition) is 1. The zero-order chi connectivity index (χ0) is 27.5. The molecule has 0 bridgehead atoms. The molecule has 0 aromatic carbocycles. The van der Waals surface area contributed by atoms with Crippen molar-refractivity contribution in [3.8, 4) is 0 Å². The van der Waals surface area contributed by atoms with Gasteiger partial charge in [-0.15, -0.1) is 0 Å². The lowest BCUT2D eigenvalue weighted by Gasteiger charge is -2.41. The van der Waals surface area contributed by atoms with E-state index in [0.717, 1.165) is 76.9 Å². The van der Waals surface area contributed by atoms with Gasteiger partial charge in [0.25, 0.3) is 0 Å². The molecule has 0 amide bonds. The highest BCUT2D eigenvalue weighted by Gasteiger charge is 2.43. The Morgan fingerprint density at radius 3 is 2.46 bits per heavy atom. The van der Waals surface area contributed by atoms with Crippen LogP contribution in [0.1, 0.15) is 103 Å². The van der Waals surface area contributed by atoms with Crippen LogP contribution < -0.4 is 0 Å². The Morgan fingerprint density at radius 2 is 1.79 bits per heavy atom. The summed E-state index contributed by atoms with van der Waals surface area (Å²) in [6, 6.07) is 0. The van der Waals surface area contributed by atoms with Crippen molar-refractivity contribution in [1.82, 2.24) is 0 Å². The summed E-state index contributed by atoms with van der Waals surface area (Å²) < 4.78 is 24.8. The molecule has 4 fully saturated rings. The van der Waals surface area contributed by atoms with Crippen molar-refractivity contribution in [1.29, 1.82) is 0 Å². The van der Waals surface area contributed by atoms with Gasteiger partial charge in [0, 0.05) is 37.5 Å². The van der Waals surface area contributed by atoms with Gasteiger partial charge in [0.1, 0.15) is 5.78 Å². The van der Waals surface area contributed by atoms with Crippen molar-refractivity contribution in [2.45, 2.75) is 128 Å². The summed E-state index contributed by atoms with van der Waals surface area (Å²) >= 11 is 0. The van der Waals surface area contributed by atoms with Gasteiger partial charge in [-0.2, -0.15) is 0 Å². The number of allylic oxidation sites excluding steroid dienone is 1. The van der Waals surface area contributed by atoms with E-state index in [1.54, 1.807) is 6.08 Å². The Kier molecular flexibility index (Phi) is 12.5. The van der Waals surface area contributed by atoms with Crippen LogP contribution >= 0.6 is 0 Å². The van der Waals surface area contributed by atoms with Gasteiger partial charge in [-0.25, -0.2) is 4.79 Å². The molecule has 220 valence electrons. The Balaban J connectivity index is 1.43. The number of ketones is 1. The largest absolute Gasteiger partial charge is 0.478 e. The molecule has 4 rings (SSSR count). The van der Waals surface area contributed by atoms with E-state index in [4.69, 9.17) is 24.1 Å². The minimum atomic E-state index is -0.918. The van der Waals surface area contributed by atoms with Crippen LogP contribution in [-0.4, -0.2) is 54.9 Å². The highest BCUT2D eigenvalue weighted by atomic mass is 16.7. The Morgan fingerprint density at radius 1 is 1.05 bits per heavy atom. The van der Waals surface area contributed by atoms with Gasteiger partial charge < -0.3 is 24.1 Å². The van der Waals surface area contributed by atoms with E-state index in [0.29, 0.717) is 18.8 Å². The summed E-state index contributed by atoms with van der Waals surface area (Å²) in [5.41, 5.74) is 0. The van der Waals surface area contributed by atoms with Gasteiger partial charge in [0.15, 0.2) is 12.6 Å². The van der Waals surface area contributed by atoms with E-state index in [1.165, 1.54) is 31.8 Å². The molecule has 2 saturated heterocycles. The quantitative estimate of drug-likeness (QED) is 0.141. The van der Waals surface area contributed by atoms with Crippen LogP contribution in [-0.2, 0) is 28.5 Å². The van der Waals surface area contributed by atoms with Crippen LogP contribution in [0, 0.1) is 23.7 Å². The predicted octanol–water partition coefficient (Wildman–Crippen LogP) is 6.60. The number of aliphatic carboxylic acids is 1. The molecule has 2 unspecified atom stereocenters. The second-order valence-electron chi connectivity index (χ2n) is 12.0. The maximum atomic E-state index is 13.2. The van der Waals surface area contributed by atoms with Crippen molar-refractivity contribution in [3.05, 3.63) is 24.3 Å². The Labute approximate surface area is 234 Å². The number of carboxylic acid groups (broad SMARTS) is 1. The van der Waals surface area contributed by atoms with Crippen LogP contribution in [0.5, 0.6) is 0 Å². The van der Waals surface area contributed by atoms with E-state index >= 15 is 0 Å². The lowest BCUT2D eigenvalue weighted by Crippen LogP contribution is -2.38. The third kappa shape index (κ3) is 9.51. The van der Waals surface area contributed by atoms with Gasteiger partial charge in [-0.3, -0.25) is 4.79 Å². The van der Waals surface area contributed by atoms with E-state index < -0.39 is 5.97 Å². The highest BCUT2D eigenvalue weighted by molar-refractivity contribution is 5.84. The molecule has 7 nitrogen and oxygen atoms in total. The van der Waals surface area contributed by atoms with Crippen LogP contribution in [0.25, 0.3) is 0 Å². The molecule has 2 saturated carbocycles. The average Bonchev–Trinajstić information content (AvgIpc) is 3.20. The molecule has 0 radical (unpaired) electrons. The maximum Gasteiger partial charge on any atom is 0.327 e. The lowest BCUT2D eigenvalue weighted by molar-refractivity contribution is -0.196. The number of Topliss-reactive ketones (excluding diaryl/α,β-unsaturated/α-hetero) is 1. The van der Waals surface area contributed by atoms with Crippen molar-refractivity contribution in [3.63, 3.8) is 0 Å². The number of rotatable bonds is 15. The van der Waals surface area contributed by atoms with E-state index in [2.05, 4.69) is 19.1 Å². The van der Waals surface area contributed by atoms with Crippen LogP contribution in [0.3, 0.4) is 0 Å². The highest BCUT2D eigenvalue weighted by Crippen LogP contribution is 2.42. The lowest BCUT2D eigenvalue weighted by atomic mass is 9.70. The zero-order valence-corrected chi connectivity index (χ0v) is 23.8. The average molecular weight is 547 g/mol. The minimum absolute atomic E-state index is 0.00229. The van der Waals surface area contributed by atoms with Crippen LogP contribution in [0.4, 0.5) is 0 Å². The van der Waals surface area contributed by atoms with Gasteiger partial charge >= 0.3 is 5.97 Å². The molecule has 7 heteroatoms. The second kappa shape index (κ2) is 16.0. The first-order valence-corrected chi connectivity index (χ1v) is 15.7. The Bertz CT molecular complexity index is 805. The number of carbonyl (C=O) groups excluding carboxylic acids is 1. The standard InChI is InChI=1S/C32H50O7/c1-2-11-23-20-24(21-23)28(38-31-14-7-9-18-36-31)17-16-26-25(12-5-3-4-6-13-30(34)35)27(33)22-29(26)39-32-15-8-10-19-37-32/h6,13,16-17,23-26,28-29,31-32H,2-5,7-12,14-15,18-22H2,1H3,(H,34,35)/b13-6+,17-16+/t23?,24?,25-,26-,28-,29-,31?,32?/m1/s1. The first kappa shape index (κ1) is 30.4. The first-order chi connectivity index (χ1) is 19.0. The van der Waals surface area contributed by atoms with Crippen molar-refractivity contribution in [2.75, 3.05) is 13.2 Å². The fraction of sp³-hybridized carbons (Fsp3) is 0.812. The monoisotopic (exact) mass is 546 g/mol. The fourth-order valence-corrected chi connectivity index (χ4v) is 6.78. The van der Waals surface area contributed by atoms with E-state index in [9.17, 15) is 9.59 Å². The molecular weight excluding hydrogens is 496 g/mol. The number of hydrogen-bond acceptors (Lipinski definition) is 6. The number of unbranched alkanes of at least 4 members (excludes halogenated alkanes) is 2. The summed E-state index contributed by atoms with van der Waals surface area (Å²) in [5.74, 6) is 0.565. The molecule has 39 heavy (non-hydrogen) atoms. The van der Waals surface area contributed by atoms with E-state index in [1.807, 2.05) is 0 Å². The molecular formula is C32H50O7. The van der Waals surface area contributed by atoms with Gasteiger partial charge in [-0.05, 0) is 82.5 Å². The van der Waals surface area contributed by atoms with Crippen molar-refractivity contribution in [2.24, 2.45) is 23.7 Å². The van der Waals surface area contributed by atoms with Crippen LogP contribution in [0.2, 0.25) is 0 Å². The molecule has 0 aromatic heterocycles. The molecule has 1 N–H and O–H groups in total. The summed E-state index contributed by atoms with van der Waals surface area (Å²) in [6.45, 7) is 3.74. The summed E-state index contributed by atoms with van der Waals surface area (Å²) in [7, 11) is 0. The molecule has 4 aliphatic rings. The fourth-order valence-electron chi connectivity index (χ4n) is 6.78. The number of carbonyl (C=O) groups is 2. The third-order valence-corrected chi connectivity index (χ3v) is 8.97. The number of ether oxygens (including phenoxy) is 4. The van der Waals surface area contributed by atoms with Crippen molar-refractivity contribution >= 4 is 11.8 Å². The summed E-state index contributed by atoms with van der Waals surface area (Å²) in [4.78, 5) is 23.9. The SMILES string of the molecule is CCCC1CC([C@@H](/C=C/[C@H]2[C@H](OC3CCCCO3)CC(=O)[C@@H]2CCCC/C=C/C(=O)O)OC2CCCCO2)C1. The van der Waals surface area contributed by atoms with Crippen LogP contribution in [0.15, 0.2) is 24.3 Å². The first-order valence-electron chi connectivity index (χ1n) is 15.7. The molecule has 2 heterocycles. The topological polar surface area (TPSA) is 91.3 Å². The molecule has 2 aliphatic carbocycles. The summed E-state index contributed by atoms with van der Waals surface area (Å²) in [6.07, 6.45) is 21.6. The normalized spacial score (nSPS) is 34.5. The minimum Gasteiger partial charge on any atom is -0.478 e. The second-order valence-corrected chi connectivity index (χ2v) is 12.0. The van der Waals surface area contributed by atoms with E-state index in [-0.39, 0.29) is 42.4 Å². The number of carboxylic acids is 1. The third-order valence-electron chi connectivity index (χ3n) is 8.97. The predicted molar refractivity (Wildman–Crippen MR) is 149 cm³/mol. The molecule has 6 atom stereocenters.